The van der Waals surface area contributed by atoms with E-state index in [1.54, 1.807) is 0 Å². The highest BCUT2D eigenvalue weighted by molar-refractivity contribution is 5.86. The van der Waals surface area contributed by atoms with Crippen LogP contribution < -0.4 is 14.9 Å². The third-order valence-corrected chi connectivity index (χ3v) is 7.22. The second-order valence-electron chi connectivity index (χ2n) is 10.1. The molecule has 43 heavy (non-hydrogen) atoms. The van der Waals surface area contributed by atoms with Gasteiger partial charge in [0.25, 0.3) is 0 Å². The molecule has 2 saturated heterocycles. The zero-order valence-electron chi connectivity index (χ0n) is 22.1. The predicted octanol–water partition coefficient (Wildman–Crippen LogP) is -2.77. The van der Waals surface area contributed by atoms with Gasteiger partial charge in [-0.15, -0.1) is 0 Å². The van der Waals surface area contributed by atoms with Crippen LogP contribution in [0, 0.1) is 0 Å². The Kier molecular flexibility index (Phi) is 8.77. The molecule has 16 heteroatoms. The molecular weight excluding hydrogens is 580 g/mol. The summed E-state index contributed by atoms with van der Waals surface area (Å²) < 4.78 is 27.5. The van der Waals surface area contributed by atoms with Gasteiger partial charge >= 0.3 is 0 Å². The molecule has 2 aliphatic rings. The van der Waals surface area contributed by atoms with Crippen molar-refractivity contribution in [3.63, 3.8) is 0 Å². The first-order chi connectivity index (χ1) is 20.4. The third-order valence-electron chi connectivity index (χ3n) is 7.22. The van der Waals surface area contributed by atoms with Gasteiger partial charge in [0.15, 0.2) is 16.9 Å². The Bertz CT molecular complexity index is 1500. The fourth-order valence-electron chi connectivity index (χ4n) is 4.80. The zero-order chi connectivity index (χ0) is 31.2. The van der Waals surface area contributed by atoms with Gasteiger partial charge in [-0.3, -0.25) is 4.79 Å². The first kappa shape index (κ1) is 30.9. The van der Waals surface area contributed by atoms with E-state index in [9.17, 15) is 55.9 Å². The lowest BCUT2D eigenvalue weighted by molar-refractivity contribution is -0.277. The number of rotatable bonds is 7. The normalized spacial score (nSPS) is 32.9. The van der Waals surface area contributed by atoms with Gasteiger partial charge in [-0.1, -0.05) is 0 Å². The summed E-state index contributed by atoms with van der Waals surface area (Å²) in [7, 11) is 0. The maximum absolute atomic E-state index is 12.9. The van der Waals surface area contributed by atoms with E-state index in [-0.39, 0.29) is 33.8 Å². The molecule has 10 N–H and O–H groups in total. The molecule has 3 aromatic rings. The number of ether oxygens (including phenoxy) is 4. The van der Waals surface area contributed by atoms with E-state index in [0.717, 1.165) is 12.1 Å². The number of benzene rings is 2. The Morgan fingerprint density at radius 2 is 1.26 bits per heavy atom. The van der Waals surface area contributed by atoms with Crippen LogP contribution in [0.3, 0.4) is 0 Å². The Labute approximate surface area is 241 Å². The van der Waals surface area contributed by atoms with Crippen LogP contribution in [0.4, 0.5) is 0 Å². The molecule has 2 aromatic carbocycles. The van der Waals surface area contributed by atoms with E-state index < -0.39 is 91.6 Å². The highest BCUT2D eigenvalue weighted by Gasteiger charge is 2.46. The van der Waals surface area contributed by atoms with Crippen LogP contribution in [0.2, 0.25) is 0 Å². The minimum atomic E-state index is -1.76. The van der Waals surface area contributed by atoms with Crippen molar-refractivity contribution in [1.29, 1.82) is 0 Å². The molecule has 0 spiro atoms. The topological polar surface area (TPSA) is 269 Å². The lowest BCUT2D eigenvalue weighted by Gasteiger charge is -2.39. The molecule has 234 valence electrons. The number of fused-ring (bicyclic) bond motifs is 1. The van der Waals surface area contributed by atoms with Crippen molar-refractivity contribution < 1.29 is 74.4 Å². The van der Waals surface area contributed by atoms with Crippen molar-refractivity contribution >= 4 is 11.0 Å². The van der Waals surface area contributed by atoms with Crippen molar-refractivity contribution in [3.8, 4) is 34.3 Å². The number of aliphatic hydroxyl groups excluding tert-OH is 8. The SMILES string of the molecule is O=c1cc(-c2ccc(O)c(O[C@@H]3O[C@H](CO)[C@@H](O)[C@@H](O)[C@@H]3O)c2)oc2cc(O[C@@H]3O[C@@H](CO)[C@@H](O)[C@@H](O)[C@H]3O)cc(O)c12. The number of aliphatic hydroxyl groups is 8. The quantitative estimate of drug-likeness (QED) is 0.130. The van der Waals surface area contributed by atoms with Crippen molar-refractivity contribution in [2.24, 2.45) is 0 Å². The van der Waals surface area contributed by atoms with Crippen LogP contribution in [-0.2, 0) is 9.47 Å². The molecule has 10 atom stereocenters. The van der Waals surface area contributed by atoms with E-state index in [2.05, 4.69) is 0 Å². The van der Waals surface area contributed by atoms with Crippen LogP contribution in [0.15, 0.2) is 45.6 Å². The average Bonchev–Trinajstić information content (AvgIpc) is 2.98. The van der Waals surface area contributed by atoms with Crippen molar-refractivity contribution in [2.75, 3.05) is 13.2 Å². The fourth-order valence-corrected chi connectivity index (χ4v) is 4.80. The zero-order valence-corrected chi connectivity index (χ0v) is 22.1. The van der Waals surface area contributed by atoms with Gasteiger partial charge in [-0.25, -0.2) is 0 Å². The summed E-state index contributed by atoms with van der Waals surface area (Å²) in [5.41, 5.74) is -0.708. The van der Waals surface area contributed by atoms with Crippen molar-refractivity contribution in [1.82, 2.24) is 0 Å². The van der Waals surface area contributed by atoms with Gasteiger partial charge in [-0.05, 0) is 18.2 Å². The number of hydrogen-bond donors (Lipinski definition) is 10. The Morgan fingerprint density at radius 1 is 0.674 bits per heavy atom. The third kappa shape index (κ3) is 5.85. The molecule has 0 saturated carbocycles. The minimum Gasteiger partial charge on any atom is -0.507 e. The van der Waals surface area contributed by atoms with Crippen LogP contribution in [0.5, 0.6) is 23.0 Å². The molecule has 2 aliphatic heterocycles. The molecular formula is C27H30O16. The minimum absolute atomic E-state index is 0.0828. The van der Waals surface area contributed by atoms with Crippen molar-refractivity contribution in [2.45, 2.75) is 61.4 Å². The van der Waals surface area contributed by atoms with E-state index in [4.69, 9.17) is 23.4 Å². The maximum atomic E-state index is 12.9. The summed E-state index contributed by atoms with van der Waals surface area (Å²) in [5, 5.41) is 99.9. The molecule has 0 aliphatic carbocycles. The molecule has 0 amide bonds. The first-order valence-corrected chi connectivity index (χ1v) is 13.0. The smallest absolute Gasteiger partial charge is 0.229 e. The fraction of sp³-hybridized carbons (Fsp3) is 0.444. The number of aromatic hydroxyl groups is 2. The predicted molar refractivity (Wildman–Crippen MR) is 140 cm³/mol. The summed E-state index contributed by atoms with van der Waals surface area (Å²) in [4.78, 5) is 12.9. The van der Waals surface area contributed by atoms with Gasteiger partial charge in [0, 0.05) is 23.8 Å². The standard InChI is InChI=1S/C27H30O16/c28-7-17-20(33)22(35)24(37)26(42-17)39-10-4-12(31)19-13(32)6-14(40-16(19)5-10)9-1-2-11(30)15(3-9)41-27-25(38)23(36)21(34)18(8-29)43-27/h1-6,17-18,20-31,33-38H,7-8H2/t17-,18+,20+,21+,22+,23+,24+,25-,26+,27+/m0/s1. The Morgan fingerprint density at radius 3 is 1.84 bits per heavy atom. The van der Waals surface area contributed by atoms with E-state index in [1.807, 2.05) is 0 Å². The molecule has 2 fully saturated rings. The lowest BCUT2D eigenvalue weighted by atomic mass is 9.99. The molecule has 5 rings (SSSR count). The summed E-state index contributed by atoms with van der Waals surface area (Å²) >= 11 is 0. The second-order valence-corrected chi connectivity index (χ2v) is 10.1. The van der Waals surface area contributed by atoms with Gasteiger partial charge < -0.3 is 74.4 Å². The molecule has 0 unspecified atom stereocenters. The van der Waals surface area contributed by atoms with Crippen molar-refractivity contribution in [3.05, 3.63) is 46.6 Å². The summed E-state index contributed by atoms with van der Waals surface area (Å²) in [6, 6.07) is 7.02. The summed E-state index contributed by atoms with van der Waals surface area (Å²) in [6.07, 6.45) is -15.9. The van der Waals surface area contributed by atoms with Gasteiger partial charge in [-0.2, -0.15) is 0 Å². The molecule has 0 radical (unpaired) electrons. The largest absolute Gasteiger partial charge is 0.507 e. The molecule has 0 bridgehead atoms. The Balaban J connectivity index is 1.45. The summed E-state index contributed by atoms with van der Waals surface area (Å²) in [5.74, 6) is -1.54. The first-order valence-electron chi connectivity index (χ1n) is 13.0. The second kappa shape index (κ2) is 12.2. The summed E-state index contributed by atoms with van der Waals surface area (Å²) in [6.45, 7) is -1.39. The van der Waals surface area contributed by atoms with Crippen LogP contribution in [-0.4, -0.2) is 126 Å². The molecule has 3 heterocycles. The number of phenols is 2. The number of hydrogen-bond acceptors (Lipinski definition) is 16. The monoisotopic (exact) mass is 610 g/mol. The van der Waals surface area contributed by atoms with Gasteiger partial charge in [0.1, 0.15) is 77.1 Å². The van der Waals surface area contributed by atoms with Crippen LogP contribution >= 0.6 is 0 Å². The highest BCUT2D eigenvalue weighted by Crippen LogP contribution is 2.37. The van der Waals surface area contributed by atoms with E-state index in [0.29, 0.717) is 0 Å². The van der Waals surface area contributed by atoms with Gasteiger partial charge in [0.05, 0.1) is 13.2 Å². The van der Waals surface area contributed by atoms with Crippen LogP contribution in [0.1, 0.15) is 0 Å². The molecule has 1 aromatic heterocycles. The Hall–Kier alpha value is -3.55. The lowest BCUT2D eigenvalue weighted by Crippen LogP contribution is -2.60. The van der Waals surface area contributed by atoms with Gasteiger partial charge in [0.2, 0.25) is 12.6 Å². The van der Waals surface area contributed by atoms with E-state index in [1.165, 1.54) is 24.3 Å². The highest BCUT2D eigenvalue weighted by atomic mass is 16.7. The maximum Gasteiger partial charge on any atom is 0.229 e. The molecule has 16 nitrogen and oxygen atoms in total. The number of phenolic OH excluding ortho intramolecular Hbond substituents is 2. The van der Waals surface area contributed by atoms with Crippen LogP contribution in [0.25, 0.3) is 22.3 Å². The average molecular weight is 611 g/mol. The van der Waals surface area contributed by atoms with E-state index >= 15 is 0 Å².